The fraction of sp³-hybridized carbons (Fsp3) is 0.400. The first kappa shape index (κ1) is 18.5. The number of ether oxygens (including phenoxy) is 1. The van der Waals surface area contributed by atoms with Gasteiger partial charge in [0.15, 0.2) is 5.60 Å². The van der Waals surface area contributed by atoms with Crippen LogP contribution in [0.5, 0.6) is 5.75 Å². The maximum Gasteiger partial charge on any atom is 0.268 e. The molecule has 2 heterocycles. The zero-order valence-electron chi connectivity index (χ0n) is 15.6. The van der Waals surface area contributed by atoms with Crippen molar-refractivity contribution in [3.63, 3.8) is 0 Å². The number of thiophene rings is 1. The number of fused-ring (bicyclic) bond motifs is 1. The van der Waals surface area contributed by atoms with Gasteiger partial charge in [-0.05, 0) is 70.4 Å². The molecule has 1 aliphatic rings. The van der Waals surface area contributed by atoms with Crippen LogP contribution in [-0.4, -0.2) is 17.4 Å². The summed E-state index contributed by atoms with van der Waals surface area (Å²) >= 11 is 1.80. The summed E-state index contributed by atoms with van der Waals surface area (Å²) in [5.74, 6) is 0.378. The summed E-state index contributed by atoms with van der Waals surface area (Å²) in [5.41, 5.74) is 1.67. The van der Waals surface area contributed by atoms with Crippen LogP contribution in [0.15, 0.2) is 24.3 Å². The number of hydrogen-bond donors (Lipinski definition) is 2. The van der Waals surface area contributed by atoms with E-state index in [0.29, 0.717) is 23.5 Å². The van der Waals surface area contributed by atoms with E-state index in [2.05, 4.69) is 30.5 Å². The molecular weight excluding hydrogens is 348 g/mol. The molecule has 1 aromatic heterocycles. The Kier molecular flexibility index (Phi) is 5.05. The monoisotopic (exact) mass is 372 g/mol. The second kappa shape index (κ2) is 7.11. The smallest absolute Gasteiger partial charge is 0.268 e. The van der Waals surface area contributed by atoms with Crippen molar-refractivity contribution in [3.8, 4) is 5.75 Å². The minimum absolute atomic E-state index is 0.0297. The Morgan fingerprint density at radius 2 is 2.04 bits per heavy atom. The summed E-state index contributed by atoms with van der Waals surface area (Å²) in [6, 6.07) is 7.48. The number of amides is 2. The molecule has 2 aromatic rings. The average Bonchev–Trinajstić information content (AvgIpc) is 2.86. The second-order valence-electron chi connectivity index (χ2n) is 7.12. The van der Waals surface area contributed by atoms with Gasteiger partial charge in [-0.25, -0.2) is 0 Å². The summed E-state index contributed by atoms with van der Waals surface area (Å²) in [6.07, 6.45) is 2.18. The maximum absolute atomic E-state index is 12.2. The third-order valence-corrected chi connectivity index (χ3v) is 5.43. The van der Waals surface area contributed by atoms with Gasteiger partial charge in [-0.2, -0.15) is 0 Å². The first-order valence-corrected chi connectivity index (χ1v) is 9.56. The minimum atomic E-state index is -0.893. The van der Waals surface area contributed by atoms with E-state index in [1.165, 1.54) is 15.3 Å². The van der Waals surface area contributed by atoms with Crippen LogP contribution in [0.2, 0.25) is 0 Å². The number of carbonyl (C=O) groups is 2. The van der Waals surface area contributed by atoms with Gasteiger partial charge < -0.3 is 15.4 Å². The zero-order valence-corrected chi connectivity index (χ0v) is 16.4. The van der Waals surface area contributed by atoms with Gasteiger partial charge in [0.05, 0.1) is 5.69 Å². The molecule has 0 bridgehead atoms. The molecule has 0 saturated heterocycles. The van der Waals surface area contributed by atoms with Gasteiger partial charge in [0, 0.05) is 21.9 Å². The SMILES string of the molecule is Cc1cc(CCCC(=O)Nc2ccc3c(c2)NC(=O)C(C)(C)O3)c(C)s1. The van der Waals surface area contributed by atoms with Gasteiger partial charge in [-0.3, -0.25) is 9.59 Å². The van der Waals surface area contributed by atoms with E-state index in [0.717, 1.165) is 12.8 Å². The maximum atomic E-state index is 12.2. The van der Waals surface area contributed by atoms with Gasteiger partial charge in [0.1, 0.15) is 5.75 Å². The molecule has 0 spiro atoms. The molecule has 2 N–H and O–H groups in total. The average molecular weight is 372 g/mol. The van der Waals surface area contributed by atoms with E-state index < -0.39 is 5.60 Å². The number of anilines is 2. The molecule has 138 valence electrons. The molecule has 0 aliphatic carbocycles. The molecule has 2 amide bonds. The van der Waals surface area contributed by atoms with Gasteiger partial charge in [0.25, 0.3) is 5.91 Å². The highest BCUT2D eigenvalue weighted by molar-refractivity contribution is 7.12. The summed E-state index contributed by atoms with van der Waals surface area (Å²) in [4.78, 5) is 26.8. The van der Waals surface area contributed by atoms with Crippen LogP contribution < -0.4 is 15.4 Å². The van der Waals surface area contributed by atoms with Crippen molar-refractivity contribution in [1.82, 2.24) is 0 Å². The molecule has 26 heavy (non-hydrogen) atoms. The highest BCUT2D eigenvalue weighted by Gasteiger charge is 2.35. The van der Waals surface area contributed by atoms with Crippen LogP contribution in [0.4, 0.5) is 11.4 Å². The molecule has 0 atom stereocenters. The fourth-order valence-corrected chi connectivity index (χ4v) is 3.96. The van der Waals surface area contributed by atoms with Crippen LogP contribution in [-0.2, 0) is 16.0 Å². The van der Waals surface area contributed by atoms with Gasteiger partial charge in [0.2, 0.25) is 5.91 Å². The van der Waals surface area contributed by atoms with Crippen LogP contribution in [0.1, 0.15) is 42.0 Å². The molecule has 0 fully saturated rings. The number of rotatable bonds is 5. The van der Waals surface area contributed by atoms with E-state index >= 15 is 0 Å². The zero-order chi connectivity index (χ0) is 18.9. The lowest BCUT2D eigenvalue weighted by Gasteiger charge is -2.31. The van der Waals surface area contributed by atoms with Gasteiger partial charge >= 0.3 is 0 Å². The summed E-state index contributed by atoms with van der Waals surface area (Å²) in [7, 11) is 0. The second-order valence-corrected chi connectivity index (χ2v) is 8.58. The molecule has 0 unspecified atom stereocenters. The first-order valence-electron chi connectivity index (χ1n) is 8.75. The Morgan fingerprint density at radius 1 is 1.27 bits per heavy atom. The quantitative estimate of drug-likeness (QED) is 0.815. The van der Waals surface area contributed by atoms with Crippen molar-refractivity contribution >= 4 is 34.5 Å². The molecule has 5 nitrogen and oxygen atoms in total. The van der Waals surface area contributed by atoms with Crippen LogP contribution in [0.3, 0.4) is 0 Å². The lowest BCUT2D eigenvalue weighted by molar-refractivity contribution is -0.129. The molecule has 1 aliphatic heterocycles. The number of benzene rings is 1. The van der Waals surface area contributed by atoms with E-state index in [4.69, 9.17) is 4.74 Å². The largest absolute Gasteiger partial charge is 0.476 e. The number of hydrogen-bond acceptors (Lipinski definition) is 4. The highest BCUT2D eigenvalue weighted by Crippen LogP contribution is 2.35. The van der Waals surface area contributed by atoms with Crippen LogP contribution in [0, 0.1) is 13.8 Å². The summed E-state index contributed by atoms with van der Waals surface area (Å²) in [6.45, 7) is 7.67. The van der Waals surface area contributed by atoms with Crippen LogP contribution >= 0.6 is 11.3 Å². The highest BCUT2D eigenvalue weighted by atomic mass is 32.1. The van der Waals surface area contributed by atoms with Crippen molar-refractivity contribution < 1.29 is 14.3 Å². The molecular formula is C20H24N2O3S. The van der Waals surface area contributed by atoms with Crippen molar-refractivity contribution in [1.29, 1.82) is 0 Å². The predicted octanol–water partition coefficient (Wildman–Crippen LogP) is 4.44. The summed E-state index contributed by atoms with van der Waals surface area (Å²) < 4.78 is 5.69. The topological polar surface area (TPSA) is 67.4 Å². The Morgan fingerprint density at radius 3 is 2.73 bits per heavy atom. The third-order valence-electron chi connectivity index (χ3n) is 4.42. The molecule has 1 aromatic carbocycles. The van der Waals surface area contributed by atoms with E-state index in [1.807, 2.05) is 0 Å². The van der Waals surface area contributed by atoms with Crippen LogP contribution in [0.25, 0.3) is 0 Å². The first-order chi connectivity index (χ1) is 12.2. The molecule has 0 radical (unpaired) electrons. The van der Waals surface area contributed by atoms with E-state index in [9.17, 15) is 9.59 Å². The molecule has 0 saturated carbocycles. The van der Waals surface area contributed by atoms with Crippen molar-refractivity contribution in [2.45, 2.75) is 52.6 Å². The van der Waals surface area contributed by atoms with Gasteiger partial charge in [-0.1, -0.05) is 0 Å². The summed E-state index contributed by atoms with van der Waals surface area (Å²) in [5, 5.41) is 5.71. The Labute approximate surface area is 157 Å². The normalized spacial score (nSPS) is 15.0. The minimum Gasteiger partial charge on any atom is -0.476 e. The lowest BCUT2D eigenvalue weighted by atomic mass is 10.1. The van der Waals surface area contributed by atoms with Crippen molar-refractivity contribution in [3.05, 3.63) is 39.6 Å². The predicted molar refractivity (Wildman–Crippen MR) is 105 cm³/mol. The van der Waals surface area contributed by atoms with Gasteiger partial charge in [-0.15, -0.1) is 11.3 Å². The molecule has 6 heteroatoms. The number of aryl methyl sites for hydroxylation is 3. The standard InChI is InChI=1S/C20H24N2O3S/c1-12-10-14(13(2)26-12)6-5-7-18(23)21-15-8-9-17-16(11-15)22-19(24)20(3,4)25-17/h8-11H,5-7H2,1-4H3,(H,21,23)(H,22,24). The van der Waals surface area contributed by atoms with Crippen molar-refractivity contribution in [2.75, 3.05) is 10.6 Å². The molecule has 3 rings (SSSR count). The fourth-order valence-electron chi connectivity index (χ4n) is 2.98. The number of nitrogens with one attached hydrogen (secondary N) is 2. The Bertz CT molecular complexity index is 855. The van der Waals surface area contributed by atoms with E-state index in [1.54, 1.807) is 43.4 Å². The Balaban J connectivity index is 1.56. The Hall–Kier alpha value is -2.34. The lowest BCUT2D eigenvalue weighted by Crippen LogP contribution is -2.45. The van der Waals surface area contributed by atoms with E-state index in [-0.39, 0.29) is 11.8 Å². The number of carbonyl (C=O) groups excluding carboxylic acids is 2. The third kappa shape index (κ3) is 4.07. The van der Waals surface area contributed by atoms with Crippen molar-refractivity contribution in [2.24, 2.45) is 0 Å².